The Morgan fingerprint density at radius 1 is 1.12 bits per heavy atom. The number of amides is 2. The van der Waals surface area contributed by atoms with Gasteiger partial charge in [0.25, 0.3) is 5.91 Å². The van der Waals surface area contributed by atoms with E-state index in [-0.39, 0.29) is 17.7 Å². The Morgan fingerprint density at radius 3 is 2.56 bits per heavy atom. The fourth-order valence-electron chi connectivity index (χ4n) is 3.18. The van der Waals surface area contributed by atoms with Gasteiger partial charge in [-0.15, -0.1) is 0 Å². The first-order valence-electron chi connectivity index (χ1n) is 8.62. The van der Waals surface area contributed by atoms with Crippen molar-refractivity contribution in [3.63, 3.8) is 0 Å². The quantitative estimate of drug-likeness (QED) is 0.935. The van der Waals surface area contributed by atoms with Crippen LogP contribution in [0.15, 0.2) is 42.7 Å². The molecule has 0 unspecified atom stereocenters. The predicted octanol–water partition coefficient (Wildman–Crippen LogP) is 3.19. The largest absolute Gasteiger partial charge is 0.339 e. The number of likely N-dealkylation sites (tertiary alicyclic amines) is 1. The number of nitrogens with zero attached hydrogens (tertiary/aromatic N) is 2. The fraction of sp³-hybridized carbons (Fsp3) is 0.350. The molecular formula is C20H23N3O2. The van der Waals surface area contributed by atoms with Gasteiger partial charge in [-0.25, -0.2) is 0 Å². The maximum Gasteiger partial charge on any atom is 0.254 e. The van der Waals surface area contributed by atoms with Gasteiger partial charge in [-0.3, -0.25) is 14.6 Å². The van der Waals surface area contributed by atoms with Crippen molar-refractivity contribution >= 4 is 17.5 Å². The number of rotatable bonds is 3. The van der Waals surface area contributed by atoms with Crippen molar-refractivity contribution in [3.05, 3.63) is 59.4 Å². The van der Waals surface area contributed by atoms with E-state index in [4.69, 9.17) is 0 Å². The van der Waals surface area contributed by atoms with Crippen LogP contribution in [-0.4, -0.2) is 34.8 Å². The van der Waals surface area contributed by atoms with Crippen molar-refractivity contribution in [1.29, 1.82) is 0 Å². The van der Waals surface area contributed by atoms with Crippen LogP contribution in [-0.2, 0) is 4.79 Å². The molecule has 2 aromatic rings. The number of pyridine rings is 1. The van der Waals surface area contributed by atoms with Crippen molar-refractivity contribution in [1.82, 2.24) is 9.88 Å². The molecule has 2 amide bonds. The van der Waals surface area contributed by atoms with E-state index in [1.54, 1.807) is 18.5 Å². The lowest BCUT2D eigenvalue weighted by molar-refractivity contribution is -0.121. The summed E-state index contributed by atoms with van der Waals surface area (Å²) in [6.07, 6.45) is 4.68. The number of piperidine rings is 1. The van der Waals surface area contributed by atoms with Gasteiger partial charge < -0.3 is 10.2 Å². The molecule has 0 spiro atoms. The molecule has 1 fully saturated rings. The number of aromatic nitrogens is 1. The highest BCUT2D eigenvalue weighted by atomic mass is 16.2. The van der Waals surface area contributed by atoms with E-state index in [2.05, 4.69) is 10.3 Å². The average molecular weight is 337 g/mol. The lowest BCUT2D eigenvalue weighted by atomic mass is 9.94. The summed E-state index contributed by atoms with van der Waals surface area (Å²) in [6.45, 7) is 5.21. The summed E-state index contributed by atoms with van der Waals surface area (Å²) in [5.41, 5.74) is 3.63. The smallest absolute Gasteiger partial charge is 0.254 e. The van der Waals surface area contributed by atoms with Crippen molar-refractivity contribution < 1.29 is 9.59 Å². The van der Waals surface area contributed by atoms with Crippen molar-refractivity contribution in [2.45, 2.75) is 26.7 Å². The van der Waals surface area contributed by atoms with Crippen molar-refractivity contribution in [2.24, 2.45) is 5.92 Å². The SMILES string of the molecule is Cc1cccc(C(=O)N2CCC(C(=O)Nc3cccnc3)CC2)c1C. The van der Waals surface area contributed by atoms with Crippen LogP contribution in [0.2, 0.25) is 0 Å². The van der Waals surface area contributed by atoms with Gasteiger partial charge in [0.15, 0.2) is 0 Å². The summed E-state index contributed by atoms with van der Waals surface area (Å²) in [7, 11) is 0. The van der Waals surface area contributed by atoms with Crippen LogP contribution in [0.1, 0.15) is 34.3 Å². The lowest BCUT2D eigenvalue weighted by Crippen LogP contribution is -2.41. The van der Waals surface area contributed by atoms with Gasteiger partial charge in [-0.1, -0.05) is 12.1 Å². The third-order valence-electron chi connectivity index (χ3n) is 4.92. The number of hydrogen-bond donors (Lipinski definition) is 1. The number of carbonyl (C=O) groups is 2. The second-order valence-electron chi connectivity index (χ2n) is 6.54. The van der Waals surface area contributed by atoms with Gasteiger partial charge in [-0.2, -0.15) is 0 Å². The monoisotopic (exact) mass is 337 g/mol. The van der Waals surface area contributed by atoms with Gasteiger partial charge in [-0.05, 0) is 56.0 Å². The van der Waals surface area contributed by atoms with Crippen LogP contribution in [0, 0.1) is 19.8 Å². The summed E-state index contributed by atoms with van der Waals surface area (Å²) in [5.74, 6) is 0.00187. The van der Waals surface area contributed by atoms with Gasteiger partial charge in [0.1, 0.15) is 0 Å². The molecule has 1 aromatic heterocycles. The average Bonchev–Trinajstić information content (AvgIpc) is 2.64. The highest BCUT2D eigenvalue weighted by Crippen LogP contribution is 2.22. The van der Waals surface area contributed by atoms with Crippen LogP contribution >= 0.6 is 0 Å². The molecule has 0 aliphatic carbocycles. The molecule has 0 atom stereocenters. The van der Waals surface area contributed by atoms with Crippen molar-refractivity contribution in [3.8, 4) is 0 Å². The first-order chi connectivity index (χ1) is 12.1. The third kappa shape index (κ3) is 3.87. The number of aryl methyl sites for hydroxylation is 1. The molecule has 25 heavy (non-hydrogen) atoms. The van der Waals surface area contributed by atoms with Crippen molar-refractivity contribution in [2.75, 3.05) is 18.4 Å². The number of carbonyl (C=O) groups excluding carboxylic acids is 2. The predicted molar refractivity (Wildman–Crippen MR) is 97.4 cm³/mol. The zero-order valence-corrected chi connectivity index (χ0v) is 14.7. The van der Waals surface area contributed by atoms with Crippen LogP contribution in [0.5, 0.6) is 0 Å². The normalized spacial score (nSPS) is 15.0. The second-order valence-corrected chi connectivity index (χ2v) is 6.54. The molecule has 5 heteroatoms. The Bertz CT molecular complexity index is 766. The first-order valence-corrected chi connectivity index (χ1v) is 8.62. The molecule has 2 heterocycles. The van der Waals surface area contributed by atoms with E-state index >= 15 is 0 Å². The Morgan fingerprint density at radius 2 is 1.88 bits per heavy atom. The molecule has 1 aliphatic rings. The number of hydrogen-bond acceptors (Lipinski definition) is 3. The minimum atomic E-state index is -0.0668. The summed E-state index contributed by atoms with van der Waals surface area (Å²) >= 11 is 0. The van der Waals surface area contributed by atoms with Gasteiger partial charge in [0, 0.05) is 30.8 Å². The van der Waals surface area contributed by atoms with Crippen LogP contribution in [0.3, 0.4) is 0 Å². The number of benzene rings is 1. The van der Waals surface area contributed by atoms with Crippen LogP contribution in [0.25, 0.3) is 0 Å². The standard InChI is InChI=1S/C20H23N3O2/c1-14-5-3-7-18(15(14)2)20(25)23-11-8-16(9-12-23)19(24)22-17-6-4-10-21-13-17/h3-7,10,13,16H,8-9,11-12H2,1-2H3,(H,22,24). The topological polar surface area (TPSA) is 62.3 Å². The minimum Gasteiger partial charge on any atom is -0.339 e. The molecule has 1 N–H and O–H groups in total. The highest BCUT2D eigenvalue weighted by Gasteiger charge is 2.28. The molecule has 1 saturated heterocycles. The Hall–Kier alpha value is -2.69. The maximum absolute atomic E-state index is 12.8. The van der Waals surface area contributed by atoms with E-state index in [1.807, 2.05) is 43.0 Å². The van der Waals surface area contributed by atoms with E-state index < -0.39 is 0 Å². The molecular weight excluding hydrogens is 314 g/mol. The molecule has 0 radical (unpaired) electrons. The van der Waals surface area contributed by atoms with Gasteiger partial charge in [0.05, 0.1) is 11.9 Å². The summed E-state index contributed by atoms with van der Waals surface area (Å²) in [5, 5.41) is 2.90. The van der Waals surface area contributed by atoms with Gasteiger partial charge in [0.2, 0.25) is 5.91 Å². The Balaban J connectivity index is 1.59. The second kappa shape index (κ2) is 7.47. The summed E-state index contributed by atoms with van der Waals surface area (Å²) < 4.78 is 0. The summed E-state index contributed by atoms with van der Waals surface area (Å²) in [4.78, 5) is 31.0. The fourth-order valence-corrected chi connectivity index (χ4v) is 3.18. The highest BCUT2D eigenvalue weighted by molar-refractivity contribution is 5.96. The Labute approximate surface area is 148 Å². The molecule has 5 nitrogen and oxygen atoms in total. The van der Waals surface area contributed by atoms with E-state index in [0.717, 1.165) is 16.7 Å². The van der Waals surface area contributed by atoms with E-state index in [0.29, 0.717) is 31.6 Å². The minimum absolute atomic E-state index is 0.00633. The molecule has 0 bridgehead atoms. The van der Waals surface area contributed by atoms with Gasteiger partial charge >= 0.3 is 0 Å². The van der Waals surface area contributed by atoms with E-state index in [9.17, 15) is 9.59 Å². The number of nitrogens with one attached hydrogen (secondary N) is 1. The molecule has 130 valence electrons. The summed E-state index contributed by atoms with van der Waals surface area (Å²) in [6, 6.07) is 9.43. The zero-order valence-electron chi connectivity index (χ0n) is 14.7. The van der Waals surface area contributed by atoms with Crippen LogP contribution in [0.4, 0.5) is 5.69 Å². The molecule has 1 aliphatic heterocycles. The number of anilines is 1. The first kappa shape index (κ1) is 17.1. The molecule has 3 rings (SSSR count). The lowest BCUT2D eigenvalue weighted by Gasteiger charge is -2.31. The molecule has 0 saturated carbocycles. The maximum atomic E-state index is 12.8. The third-order valence-corrected chi connectivity index (χ3v) is 4.92. The Kier molecular flexibility index (Phi) is 5.12. The van der Waals surface area contributed by atoms with E-state index in [1.165, 1.54) is 0 Å². The molecule has 1 aromatic carbocycles. The zero-order chi connectivity index (χ0) is 17.8. The van der Waals surface area contributed by atoms with Crippen LogP contribution < -0.4 is 5.32 Å².